The molecule has 0 aromatic carbocycles. The average molecular weight is 131 g/mol. The Morgan fingerprint density at radius 3 is 3.00 bits per heavy atom. The molecule has 0 atom stereocenters. The summed E-state index contributed by atoms with van der Waals surface area (Å²) in [5.74, 6) is 0. The van der Waals surface area contributed by atoms with Gasteiger partial charge in [0.15, 0.2) is 0 Å². The van der Waals surface area contributed by atoms with Crippen LogP contribution in [0.1, 0.15) is 11.3 Å². The monoisotopic (exact) mass is 131 g/mol. The Hall–Kier alpha value is -1.11. The number of hydrogen-bond donors (Lipinski definition) is 0. The van der Waals surface area contributed by atoms with Crippen molar-refractivity contribution in [2.45, 2.75) is 12.8 Å². The molecule has 1 nitrogen and oxygen atoms in total. The molecule has 1 aromatic heterocycles. The van der Waals surface area contributed by atoms with Crippen molar-refractivity contribution in [3.8, 4) is 0 Å². The minimum absolute atomic E-state index is 1.01. The van der Waals surface area contributed by atoms with Crippen LogP contribution in [0.4, 0.5) is 0 Å². The molecule has 0 saturated carbocycles. The second kappa shape index (κ2) is 2.25. The highest BCUT2D eigenvalue weighted by Crippen LogP contribution is 2.12. The molecule has 0 bridgehead atoms. The van der Waals surface area contributed by atoms with Crippen LogP contribution in [0, 0.1) is 0 Å². The summed E-state index contributed by atoms with van der Waals surface area (Å²) in [6, 6.07) is 4.14. The van der Waals surface area contributed by atoms with Gasteiger partial charge in [-0.3, -0.25) is 4.98 Å². The van der Waals surface area contributed by atoms with Crippen LogP contribution < -0.4 is 0 Å². The van der Waals surface area contributed by atoms with Crippen molar-refractivity contribution in [1.29, 1.82) is 0 Å². The van der Waals surface area contributed by atoms with Crippen molar-refractivity contribution in [3.63, 3.8) is 0 Å². The minimum Gasteiger partial charge on any atom is -0.261 e. The zero-order chi connectivity index (χ0) is 6.81. The quantitative estimate of drug-likeness (QED) is 0.489. The Kier molecular flexibility index (Phi) is 1.28. The molecule has 1 aromatic rings. The van der Waals surface area contributed by atoms with E-state index in [0.29, 0.717) is 0 Å². The maximum atomic E-state index is 4.27. The van der Waals surface area contributed by atoms with Crippen molar-refractivity contribution >= 4 is 0 Å². The first-order chi connectivity index (χ1) is 4.97. The van der Waals surface area contributed by atoms with E-state index in [9.17, 15) is 0 Å². The number of nitrogens with zero attached hydrogens (tertiary/aromatic N) is 1. The van der Waals surface area contributed by atoms with Gasteiger partial charge < -0.3 is 0 Å². The molecule has 0 unspecified atom stereocenters. The fourth-order valence-electron chi connectivity index (χ4n) is 1.25. The van der Waals surface area contributed by atoms with Crippen LogP contribution in [0.5, 0.6) is 0 Å². The van der Waals surface area contributed by atoms with Crippen molar-refractivity contribution in [2.24, 2.45) is 0 Å². The second-order valence-electron chi connectivity index (χ2n) is 2.49. The first kappa shape index (κ1) is 5.66. The van der Waals surface area contributed by atoms with Gasteiger partial charge in [-0.1, -0.05) is 18.2 Å². The van der Waals surface area contributed by atoms with Crippen molar-refractivity contribution in [2.75, 3.05) is 0 Å². The topological polar surface area (TPSA) is 12.9 Å². The van der Waals surface area contributed by atoms with E-state index < -0.39 is 0 Å². The number of rotatable bonds is 0. The lowest BCUT2D eigenvalue weighted by molar-refractivity contribution is 1.00. The van der Waals surface area contributed by atoms with Crippen molar-refractivity contribution in [3.05, 3.63) is 41.7 Å². The SMILES string of the molecule is C1=CCc2ncccc2C1. The van der Waals surface area contributed by atoms with Gasteiger partial charge in [0, 0.05) is 18.3 Å². The number of aromatic nitrogens is 1. The molecule has 2 rings (SSSR count). The minimum atomic E-state index is 1.01. The number of pyridine rings is 1. The van der Waals surface area contributed by atoms with Crippen molar-refractivity contribution in [1.82, 2.24) is 4.98 Å². The summed E-state index contributed by atoms with van der Waals surface area (Å²) in [5.41, 5.74) is 2.62. The molecule has 0 amide bonds. The van der Waals surface area contributed by atoms with E-state index in [1.165, 1.54) is 11.3 Å². The fraction of sp³-hybridized carbons (Fsp3) is 0.222. The van der Waals surface area contributed by atoms with Gasteiger partial charge in [0.1, 0.15) is 0 Å². The van der Waals surface area contributed by atoms with Gasteiger partial charge in [-0.25, -0.2) is 0 Å². The maximum Gasteiger partial charge on any atom is 0.0476 e. The molecule has 10 heavy (non-hydrogen) atoms. The van der Waals surface area contributed by atoms with E-state index in [1.54, 1.807) is 0 Å². The average Bonchev–Trinajstić information content (AvgIpc) is 2.05. The molecule has 0 radical (unpaired) electrons. The van der Waals surface area contributed by atoms with E-state index in [1.807, 2.05) is 12.3 Å². The van der Waals surface area contributed by atoms with Gasteiger partial charge in [-0.2, -0.15) is 0 Å². The highest BCUT2D eigenvalue weighted by atomic mass is 14.7. The van der Waals surface area contributed by atoms with Crippen LogP contribution in [0.3, 0.4) is 0 Å². The number of fused-ring (bicyclic) bond motifs is 1. The predicted molar refractivity (Wildman–Crippen MR) is 40.8 cm³/mol. The Morgan fingerprint density at radius 2 is 2.10 bits per heavy atom. The Labute approximate surface area is 60.4 Å². The largest absolute Gasteiger partial charge is 0.261 e. The first-order valence-corrected chi connectivity index (χ1v) is 3.54. The van der Waals surface area contributed by atoms with Gasteiger partial charge in [0.25, 0.3) is 0 Å². The molecular weight excluding hydrogens is 122 g/mol. The van der Waals surface area contributed by atoms with Crippen LogP contribution in [-0.4, -0.2) is 4.98 Å². The molecule has 0 aliphatic heterocycles. The summed E-state index contributed by atoms with van der Waals surface area (Å²) in [5, 5.41) is 0. The highest BCUT2D eigenvalue weighted by Gasteiger charge is 2.02. The Bertz CT molecular complexity index is 236. The molecule has 0 fully saturated rings. The van der Waals surface area contributed by atoms with Crippen LogP contribution >= 0.6 is 0 Å². The molecule has 50 valence electrons. The summed E-state index contributed by atoms with van der Waals surface area (Å²) >= 11 is 0. The first-order valence-electron chi connectivity index (χ1n) is 3.54. The molecule has 1 heteroatoms. The summed E-state index contributed by atoms with van der Waals surface area (Å²) in [6.45, 7) is 0. The van der Waals surface area contributed by atoms with Crippen LogP contribution in [-0.2, 0) is 12.8 Å². The third-order valence-electron chi connectivity index (χ3n) is 1.80. The molecule has 0 spiro atoms. The zero-order valence-electron chi connectivity index (χ0n) is 5.75. The van der Waals surface area contributed by atoms with E-state index in [-0.39, 0.29) is 0 Å². The lowest BCUT2D eigenvalue weighted by Gasteiger charge is -2.07. The van der Waals surface area contributed by atoms with Crippen LogP contribution in [0.25, 0.3) is 0 Å². The molecular formula is C9H9N. The van der Waals surface area contributed by atoms with E-state index >= 15 is 0 Å². The molecule has 0 N–H and O–H groups in total. The smallest absolute Gasteiger partial charge is 0.0476 e. The fourth-order valence-corrected chi connectivity index (χ4v) is 1.25. The number of hydrogen-bond acceptors (Lipinski definition) is 1. The highest BCUT2D eigenvalue weighted by molar-refractivity contribution is 5.27. The summed E-state index contributed by atoms with van der Waals surface area (Å²) in [6.07, 6.45) is 8.30. The molecule has 1 aliphatic rings. The van der Waals surface area contributed by atoms with Crippen LogP contribution in [0.15, 0.2) is 30.5 Å². The second-order valence-corrected chi connectivity index (χ2v) is 2.49. The standard InChI is InChI=1S/C9H9N/c1-2-6-9-8(4-1)5-3-7-10-9/h1-3,5,7H,4,6H2. The van der Waals surface area contributed by atoms with Gasteiger partial charge in [-0.05, 0) is 18.1 Å². The summed E-state index contributed by atoms with van der Waals surface area (Å²) < 4.78 is 0. The van der Waals surface area contributed by atoms with Gasteiger partial charge in [0.2, 0.25) is 0 Å². The lowest BCUT2D eigenvalue weighted by Crippen LogP contribution is -1.98. The van der Waals surface area contributed by atoms with E-state index in [0.717, 1.165) is 12.8 Å². The maximum absolute atomic E-state index is 4.27. The summed E-state index contributed by atoms with van der Waals surface area (Å²) in [7, 11) is 0. The Morgan fingerprint density at radius 1 is 1.20 bits per heavy atom. The summed E-state index contributed by atoms with van der Waals surface area (Å²) in [4.78, 5) is 4.27. The third kappa shape index (κ3) is 0.838. The normalized spacial score (nSPS) is 14.8. The van der Waals surface area contributed by atoms with Crippen molar-refractivity contribution < 1.29 is 0 Å². The van der Waals surface area contributed by atoms with Gasteiger partial charge in [0.05, 0.1) is 0 Å². The predicted octanol–water partition coefficient (Wildman–Crippen LogP) is 1.74. The third-order valence-corrected chi connectivity index (χ3v) is 1.80. The van der Waals surface area contributed by atoms with Gasteiger partial charge >= 0.3 is 0 Å². The lowest BCUT2D eigenvalue weighted by atomic mass is 10.0. The zero-order valence-corrected chi connectivity index (χ0v) is 5.75. The van der Waals surface area contributed by atoms with E-state index in [2.05, 4.69) is 23.2 Å². The van der Waals surface area contributed by atoms with E-state index in [4.69, 9.17) is 0 Å². The molecule has 1 heterocycles. The number of allylic oxidation sites excluding steroid dienone is 2. The Balaban J connectivity index is 2.47. The molecule has 0 saturated heterocycles. The molecule has 1 aliphatic carbocycles. The van der Waals surface area contributed by atoms with Gasteiger partial charge in [-0.15, -0.1) is 0 Å². The van der Waals surface area contributed by atoms with Crippen LogP contribution in [0.2, 0.25) is 0 Å².